The zero-order valence-corrected chi connectivity index (χ0v) is 12.6. The van der Waals surface area contributed by atoms with E-state index in [9.17, 15) is 0 Å². The Bertz CT molecular complexity index is 383. The smallest absolute Gasteiger partial charge is 0.0440 e. The van der Waals surface area contributed by atoms with E-state index in [1.165, 1.54) is 41.7 Å². The molecule has 1 nitrogen and oxygen atoms in total. The quantitative estimate of drug-likeness (QED) is 0.872. The highest BCUT2D eigenvalue weighted by molar-refractivity contribution is 8.00. The zero-order valence-electron chi connectivity index (χ0n) is 11.8. The second-order valence-electron chi connectivity index (χ2n) is 5.28. The fourth-order valence-corrected chi connectivity index (χ4v) is 4.12. The summed E-state index contributed by atoms with van der Waals surface area (Å²) >= 11 is 2.15. The third-order valence-electron chi connectivity index (χ3n) is 3.90. The predicted molar refractivity (Wildman–Crippen MR) is 82.4 cm³/mol. The molecule has 1 aromatic carbocycles. The normalized spacial score (nSPS) is 21.8. The van der Waals surface area contributed by atoms with Crippen molar-refractivity contribution in [3.8, 4) is 0 Å². The molecule has 0 bridgehead atoms. The number of hydrogen-bond acceptors (Lipinski definition) is 2. The van der Waals surface area contributed by atoms with Crippen molar-refractivity contribution in [3.05, 3.63) is 34.9 Å². The van der Waals surface area contributed by atoms with Crippen LogP contribution in [0.25, 0.3) is 0 Å². The minimum absolute atomic E-state index is 0.527. The highest BCUT2D eigenvalue weighted by Gasteiger charge is 2.24. The number of hydrogen-bond donors (Lipinski definition) is 1. The van der Waals surface area contributed by atoms with Crippen LogP contribution in [0.4, 0.5) is 0 Å². The van der Waals surface area contributed by atoms with E-state index < -0.39 is 0 Å². The van der Waals surface area contributed by atoms with Crippen LogP contribution in [-0.4, -0.2) is 17.5 Å². The maximum atomic E-state index is 3.69. The fraction of sp³-hybridized carbons (Fsp3) is 0.625. The predicted octanol–water partition coefficient (Wildman–Crippen LogP) is 4.24. The molecule has 2 heteroatoms. The Balaban J connectivity index is 2.19. The van der Waals surface area contributed by atoms with Gasteiger partial charge in [0.15, 0.2) is 0 Å². The Morgan fingerprint density at radius 2 is 2.11 bits per heavy atom. The molecule has 1 N–H and O–H groups in total. The van der Waals surface area contributed by atoms with Crippen LogP contribution in [0.1, 0.15) is 48.9 Å². The van der Waals surface area contributed by atoms with E-state index in [4.69, 9.17) is 0 Å². The van der Waals surface area contributed by atoms with Gasteiger partial charge in [-0.25, -0.2) is 0 Å². The van der Waals surface area contributed by atoms with Crippen LogP contribution in [0.5, 0.6) is 0 Å². The summed E-state index contributed by atoms with van der Waals surface area (Å²) in [6, 6.07) is 7.48. The molecule has 1 aliphatic heterocycles. The van der Waals surface area contributed by atoms with Gasteiger partial charge in [0.05, 0.1) is 0 Å². The van der Waals surface area contributed by atoms with Crippen molar-refractivity contribution in [2.45, 2.75) is 51.3 Å². The summed E-state index contributed by atoms with van der Waals surface area (Å²) in [5, 5.41) is 4.45. The second-order valence-corrected chi connectivity index (χ2v) is 6.63. The van der Waals surface area contributed by atoms with Crippen LogP contribution in [0, 0.1) is 13.8 Å². The molecule has 18 heavy (non-hydrogen) atoms. The highest BCUT2D eigenvalue weighted by atomic mass is 32.2. The van der Waals surface area contributed by atoms with Crippen LogP contribution in [0.2, 0.25) is 0 Å². The van der Waals surface area contributed by atoms with Crippen molar-refractivity contribution in [3.63, 3.8) is 0 Å². The minimum atomic E-state index is 0.527. The molecule has 100 valence electrons. The maximum Gasteiger partial charge on any atom is 0.0440 e. The van der Waals surface area contributed by atoms with Crippen LogP contribution in [0.3, 0.4) is 0 Å². The molecular formula is C16H25NS. The maximum absolute atomic E-state index is 3.69. The summed E-state index contributed by atoms with van der Waals surface area (Å²) in [7, 11) is 0. The molecule has 0 spiro atoms. The first-order valence-corrected chi connectivity index (χ1v) is 8.19. The Labute approximate surface area is 116 Å². The van der Waals surface area contributed by atoms with E-state index in [2.05, 4.69) is 56.0 Å². The van der Waals surface area contributed by atoms with E-state index in [-0.39, 0.29) is 0 Å². The van der Waals surface area contributed by atoms with Gasteiger partial charge in [0.25, 0.3) is 0 Å². The van der Waals surface area contributed by atoms with Gasteiger partial charge >= 0.3 is 0 Å². The second kappa shape index (κ2) is 6.63. The Morgan fingerprint density at radius 1 is 1.28 bits per heavy atom. The largest absolute Gasteiger partial charge is 0.309 e. The van der Waals surface area contributed by atoms with Gasteiger partial charge in [0.1, 0.15) is 0 Å². The van der Waals surface area contributed by atoms with Crippen LogP contribution in [0.15, 0.2) is 18.2 Å². The van der Waals surface area contributed by atoms with Gasteiger partial charge in [-0.15, -0.1) is 0 Å². The van der Waals surface area contributed by atoms with Crippen LogP contribution >= 0.6 is 11.8 Å². The molecule has 2 unspecified atom stereocenters. The fourth-order valence-electron chi connectivity index (χ4n) is 2.67. The average Bonchev–Trinajstić information content (AvgIpc) is 2.40. The summed E-state index contributed by atoms with van der Waals surface area (Å²) in [5.74, 6) is 1.33. The van der Waals surface area contributed by atoms with E-state index in [1.54, 1.807) is 0 Å². The summed E-state index contributed by atoms with van der Waals surface area (Å²) in [4.78, 5) is 0. The first-order chi connectivity index (χ1) is 8.72. The SMILES string of the molecule is CCNC(c1ccc(C)c(C)c1)C1CCCCS1. The van der Waals surface area contributed by atoms with Gasteiger partial charge in [-0.3, -0.25) is 0 Å². The van der Waals surface area contributed by atoms with E-state index in [1.807, 2.05) is 0 Å². The molecule has 0 aromatic heterocycles. The standard InChI is InChI=1S/C16H25NS/c1-4-17-16(15-7-5-6-10-18-15)14-9-8-12(2)13(3)11-14/h8-9,11,15-17H,4-7,10H2,1-3H3. The molecule has 1 fully saturated rings. The summed E-state index contributed by atoms with van der Waals surface area (Å²) in [6.07, 6.45) is 4.15. The molecule has 1 heterocycles. The molecule has 2 atom stereocenters. The summed E-state index contributed by atoms with van der Waals surface area (Å²) < 4.78 is 0. The Hall–Kier alpha value is -0.470. The van der Waals surface area contributed by atoms with E-state index in [0.717, 1.165) is 11.8 Å². The Morgan fingerprint density at radius 3 is 2.72 bits per heavy atom. The lowest BCUT2D eigenvalue weighted by Crippen LogP contribution is -2.31. The average molecular weight is 263 g/mol. The van der Waals surface area contributed by atoms with Gasteiger partial charge < -0.3 is 5.32 Å². The number of rotatable bonds is 4. The zero-order chi connectivity index (χ0) is 13.0. The van der Waals surface area contributed by atoms with Crippen molar-refractivity contribution in [1.82, 2.24) is 5.32 Å². The van der Waals surface area contributed by atoms with E-state index in [0.29, 0.717) is 6.04 Å². The molecular weight excluding hydrogens is 238 g/mol. The number of nitrogens with one attached hydrogen (secondary N) is 1. The van der Waals surface area contributed by atoms with Crippen molar-refractivity contribution >= 4 is 11.8 Å². The third-order valence-corrected chi connectivity index (χ3v) is 5.36. The summed E-state index contributed by atoms with van der Waals surface area (Å²) in [6.45, 7) is 7.67. The van der Waals surface area contributed by atoms with Crippen molar-refractivity contribution in [1.29, 1.82) is 0 Å². The molecule has 2 rings (SSSR count). The van der Waals surface area contributed by atoms with Crippen molar-refractivity contribution in [2.24, 2.45) is 0 Å². The van der Waals surface area contributed by atoms with Crippen molar-refractivity contribution < 1.29 is 0 Å². The van der Waals surface area contributed by atoms with Gasteiger partial charge in [-0.1, -0.05) is 31.5 Å². The number of benzene rings is 1. The van der Waals surface area contributed by atoms with E-state index >= 15 is 0 Å². The molecule has 1 aliphatic rings. The molecule has 0 aliphatic carbocycles. The van der Waals surface area contributed by atoms with Crippen LogP contribution in [-0.2, 0) is 0 Å². The monoisotopic (exact) mass is 263 g/mol. The minimum Gasteiger partial charge on any atom is -0.309 e. The van der Waals surface area contributed by atoms with Gasteiger partial charge in [-0.2, -0.15) is 11.8 Å². The highest BCUT2D eigenvalue weighted by Crippen LogP contribution is 2.35. The topological polar surface area (TPSA) is 12.0 Å². The van der Waals surface area contributed by atoms with Crippen LogP contribution < -0.4 is 5.32 Å². The lowest BCUT2D eigenvalue weighted by Gasteiger charge is -2.31. The van der Waals surface area contributed by atoms with Crippen molar-refractivity contribution in [2.75, 3.05) is 12.3 Å². The number of thioether (sulfide) groups is 1. The molecule has 0 saturated carbocycles. The molecule has 0 amide bonds. The van der Waals surface area contributed by atoms with Gasteiger partial charge in [-0.05, 0) is 55.7 Å². The third kappa shape index (κ3) is 3.30. The number of aryl methyl sites for hydroxylation is 2. The Kier molecular flexibility index (Phi) is 5.13. The molecule has 1 saturated heterocycles. The first kappa shape index (κ1) is 14.0. The summed E-state index contributed by atoms with van der Waals surface area (Å²) in [5.41, 5.74) is 4.28. The van der Waals surface area contributed by atoms with Gasteiger partial charge in [0, 0.05) is 11.3 Å². The van der Waals surface area contributed by atoms with Gasteiger partial charge in [0.2, 0.25) is 0 Å². The lowest BCUT2D eigenvalue weighted by molar-refractivity contribution is 0.491. The molecule has 1 aromatic rings. The lowest BCUT2D eigenvalue weighted by atomic mass is 9.96. The molecule has 0 radical (unpaired) electrons. The first-order valence-electron chi connectivity index (χ1n) is 7.14.